The van der Waals surface area contributed by atoms with Gasteiger partial charge in [0, 0.05) is 12.1 Å². The van der Waals surface area contributed by atoms with Gasteiger partial charge in [0.2, 0.25) is 0 Å². The maximum atomic E-state index is 12.1. The minimum atomic E-state index is -1.12. The van der Waals surface area contributed by atoms with E-state index in [4.69, 9.17) is 16.3 Å². The van der Waals surface area contributed by atoms with Crippen molar-refractivity contribution in [3.8, 4) is 0 Å². The molecule has 140 valence electrons. The quantitative estimate of drug-likeness (QED) is 0.450. The highest BCUT2D eigenvalue weighted by Gasteiger charge is 2.26. The average Bonchev–Trinajstić information content (AvgIpc) is 2.61. The maximum Gasteiger partial charge on any atom is 0.339 e. The van der Waals surface area contributed by atoms with Gasteiger partial charge in [-0.25, -0.2) is 4.79 Å². The van der Waals surface area contributed by atoms with Crippen LogP contribution in [0.15, 0.2) is 36.4 Å². The van der Waals surface area contributed by atoms with Crippen molar-refractivity contribution in [2.45, 2.75) is 6.92 Å². The molecular weight excluding hydrogens is 382 g/mol. The second-order valence-corrected chi connectivity index (χ2v) is 5.67. The molecule has 0 unspecified atom stereocenters. The van der Waals surface area contributed by atoms with Gasteiger partial charge >= 0.3 is 5.97 Å². The summed E-state index contributed by atoms with van der Waals surface area (Å²) in [4.78, 5) is 44.3. The van der Waals surface area contributed by atoms with Gasteiger partial charge in [0.1, 0.15) is 5.56 Å². The van der Waals surface area contributed by atoms with Gasteiger partial charge in [-0.3, -0.25) is 25.0 Å². The third-order valence-corrected chi connectivity index (χ3v) is 3.79. The Morgan fingerprint density at radius 3 is 2.19 bits per heavy atom. The molecule has 2 aromatic rings. The zero-order valence-electron chi connectivity index (χ0n) is 13.8. The number of hydrogen-bond acceptors (Lipinski definition) is 7. The van der Waals surface area contributed by atoms with Gasteiger partial charge < -0.3 is 10.1 Å². The summed E-state index contributed by atoms with van der Waals surface area (Å²) in [7, 11) is 0. The van der Waals surface area contributed by atoms with Crippen LogP contribution in [0.5, 0.6) is 0 Å². The zero-order chi connectivity index (χ0) is 20.1. The number of hydrogen-bond donors (Lipinski definition) is 1. The summed E-state index contributed by atoms with van der Waals surface area (Å²) < 4.78 is 4.77. The van der Waals surface area contributed by atoms with E-state index in [9.17, 15) is 29.8 Å². The summed E-state index contributed by atoms with van der Waals surface area (Å²) >= 11 is 5.89. The van der Waals surface area contributed by atoms with Crippen LogP contribution >= 0.6 is 11.6 Å². The molecule has 0 saturated heterocycles. The van der Waals surface area contributed by atoms with E-state index < -0.39 is 45.3 Å². The molecule has 0 heterocycles. The number of carbonyl (C=O) groups excluding carboxylic acids is 2. The predicted octanol–water partition coefficient (Wildman–Crippen LogP) is 3.26. The Morgan fingerprint density at radius 1 is 1.11 bits per heavy atom. The molecule has 2 rings (SSSR count). The van der Waals surface area contributed by atoms with Gasteiger partial charge in [-0.05, 0) is 19.1 Å². The summed E-state index contributed by atoms with van der Waals surface area (Å²) in [5, 5.41) is 24.8. The molecule has 0 atom stereocenters. The van der Waals surface area contributed by atoms with Crippen LogP contribution in [0.3, 0.4) is 0 Å². The fourth-order valence-corrected chi connectivity index (χ4v) is 2.33. The first-order chi connectivity index (χ1) is 12.7. The fraction of sp³-hybridized carbons (Fsp3) is 0.125. The molecule has 0 bridgehead atoms. The van der Waals surface area contributed by atoms with Gasteiger partial charge in [0.15, 0.2) is 6.61 Å². The van der Waals surface area contributed by atoms with Gasteiger partial charge in [-0.15, -0.1) is 0 Å². The first-order valence-corrected chi connectivity index (χ1v) is 7.73. The Bertz CT molecular complexity index is 910. The molecule has 27 heavy (non-hydrogen) atoms. The molecule has 0 spiro atoms. The van der Waals surface area contributed by atoms with Crippen LogP contribution in [-0.2, 0) is 9.53 Å². The van der Waals surface area contributed by atoms with Gasteiger partial charge in [-0.1, -0.05) is 23.7 Å². The molecule has 1 amide bonds. The van der Waals surface area contributed by atoms with Gasteiger partial charge in [0.25, 0.3) is 17.3 Å². The molecule has 0 radical (unpaired) electrons. The lowest BCUT2D eigenvalue weighted by atomic mass is 10.1. The van der Waals surface area contributed by atoms with Crippen LogP contribution in [0.2, 0.25) is 5.02 Å². The number of rotatable bonds is 6. The average molecular weight is 394 g/mol. The van der Waals surface area contributed by atoms with Crippen molar-refractivity contribution in [3.63, 3.8) is 0 Å². The molecule has 0 aliphatic heterocycles. The Morgan fingerprint density at radius 2 is 1.67 bits per heavy atom. The van der Waals surface area contributed by atoms with Crippen LogP contribution in [0.1, 0.15) is 15.9 Å². The van der Waals surface area contributed by atoms with Crippen LogP contribution < -0.4 is 5.32 Å². The van der Waals surface area contributed by atoms with E-state index in [0.29, 0.717) is 5.69 Å². The minimum Gasteiger partial charge on any atom is -0.452 e. The highest BCUT2D eigenvalue weighted by atomic mass is 35.5. The normalized spacial score (nSPS) is 10.1. The van der Waals surface area contributed by atoms with Crippen LogP contribution in [-0.4, -0.2) is 28.3 Å². The van der Waals surface area contributed by atoms with E-state index in [1.54, 1.807) is 18.2 Å². The van der Waals surface area contributed by atoms with E-state index in [2.05, 4.69) is 5.32 Å². The van der Waals surface area contributed by atoms with Crippen LogP contribution in [0.25, 0.3) is 0 Å². The smallest absolute Gasteiger partial charge is 0.339 e. The SMILES string of the molecule is Cc1c([N+](=O)[O-])cc(C(=O)OCC(=O)Nc2ccccc2Cl)cc1[N+](=O)[O-]. The Balaban J connectivity index is 2.14. The fourth-order valence-electron chi connectivity index (χ4n) is 2.14. The number of anilines is 1. The van der Waals surface area contributed by atoms with Crippen molar-refractivity contribution in [3.05, 3.63) is 72.8 Å². The topological polar surface area (TPSA) is 142 Å². The number of ether oxygens (including phenoxy) is 1. The number of halogens is 1. The molecule has 0 aliphatic carbocycles. The van der Waals surface area contributed by atoms with Crippen molar-refractivity contribution in [2.75, 3.05) is 11.9 Å². The predicted molar refractivity (Wildman–Crippen MR) is 94.9 cm³/mol. The van der Waals surface area contributed by atoms with Gasteiger partial charge in [0.05, 0.1) is 26.1 Å². The number of nitro benzene ring substituents is 2. The van der Waals surface area contributed by atoms with Gasteiger partial charge in [-0.2, -0.15) is 0 Å². The van der Waals surface area contributed by atoms with Crippen molar-refractivity contribution < 1.29 is 24.2 Å². The Hall–Kier alpha value is -3.53. The lowest BCUT2D eigenvalue weighted by Gasteiger charge is -2.08. The minimum absolute atomic E-state index is 0.196. The van der Waals surface area contributed by atoms with Crippen molar-refractivity contribution in [2.24, 2.45) is 0 Å². The summed E-state index contributed by atoms with van der Waals surface area (Å²) in [5.74, 6) is -1.82. The summed E-state index contributed by atoms with van der Waals surface area (Å²) in [6, 6.07) is 8.10. The second kappa shape index (κ2) is 8.23. The zero-order valence-corrected chi connectivity index (χ0v) is 14.6. The van der Waals surface area contributed by atoms with Crippen LogP contribution in [0.4, 0.5) is 17.1 Å². The first kappa shape index (κ1) is 19.8. The molecular formula is C16H12ClN3O7. The summed E-state index contributed by atoms with van der Waals surface area (Å²) in [6.45, 7) is 0.488. The maximum absolute atomic E-state index is 12.1. The molecule has 1 N–H and O–H groups in total. The number of amides is 1. The number of carbonyl (C=O) groups is 2. The lowest BCUT2D eigenvalue weighted by Crippen LogP contribution is -2.21. The second-order valence-electron chi connectivity index (χ2n) is 5.26. The third kappa shape index (κ3) is 4.76. The Kier molecular flexibility index (Phi) is 6.03. The number of nitrogens with one attached hydrogen (secondary N) is 1. The van der Waals surface area contributed by atoms with Crippen molar-refractivity contribution in [1.82, 2.24) is 0 Å². The number of nitro groups is 2. The third-order valence-electron chi connectivity index (χ3n) is 3.46. The lowest BCUT2D eigenvalue weighted by molar-refractivity contribution is -0.395. The first-order valence-electron chi connectivity index (χ1n) is 7.35. The highest BCUT2D eigenvalue weighted by Crippen LogP contribution is 2.29. The molecule has 2 aromatic carbocycles. The number of para-hydroxylation sites is 1. The highest BCUT2D eigenvalue weighted by molar-refractivity contribution is 6.33. The molecule has 0 aromatic heterocycles. The molecule has 0 fully saturated rings. The van der Waals surface area contributed by atoms with Crippen molar-refractivity contribution in [1.29, 1.82) is 0 Å². The largest absolute Gasteiger partial charge is 0.452 e. The molecule has 11 heteroatoms. The molecule has 0 aliphatic rings. The van der Waals surface area contributed by atoms with E-state index in [1.165, 1.54) is 13.0 Å². The van der Waals surface area contributed by atoms with Crippen molar-refractivity contribution >= 4 is 40.5 Å². The van der Waals surface area contributed by atoms with E-state index in [-0.39, 0.29) is 10.6 Å². The van der Waals surface area contributed by atoms with E-state index >= 15 is 0 Å². The number of nitrogens with zero attached hydrogens (tertiary/aromatic N) is 2. The summed E-state index contributed by atoms with van der Waals surface area (Å²) in [6.07, 6.45) is 0. The van der Waals surface area contributed by atoms with E-state index in [1.807, 2.05) is 0 Å². The molecule has 10 nitrogen and oxygen atoms in total. The standard InChI is InChI=1S/C16H12ClN3O7/c1-9-13(19(23)24)6-10(7-14(9)20(25)26)16(22)27-8-15(21)18-12-5-3-2-4-11(12)17/h2-7H,8H2,1H3,(H,18,21). The van der Waals surface area contributed by atoms with Crippen LogP contribution in [0, 0.1) is 27.2 Å². The monoisotopic (exact) mass is 393 g/mol. The summed E-state index contributed by atoms with van der Waals surface area (Å²) in [5.41, 5.74) is -1.50. The molecule has 0 saturated carbocycles. The van der Waals surface area contributed by atoms with E-state index in [0.717, 1.165) is 12.1 Å². The number of benzene rings is 2. The number of esters is 1. The Labute approximate surface area is 157 Å².